The molecule has 1 N–H and O–H groups in total. The highest BCUT2D eigenvalue weighted by Gasteiger charge is 2.06. The van der Waals surface area contributed by atoms with Crippen molar-refractivity contribution in [2.45, 2.75) is 0 Å². The molecule has 0 amide bonds. The maximum atomic E-state index is 10.6. The molecule has 3 nitrogen and oxygen atoms in total. The van der Waals surface area contributed by atoms with Gasteiger partial charge in [0.05, 0.1) is 15.8 Å². The van der Waals surface area contributed by atoms with E-state index in [4.69, 9.17) is 16.7 Å². The van der Waals surface area contributed by atoms with Crippen LogP contribution in [0.25, 0.3) is 10.2 Å². The Bertz CT molecular complexity index is 480. The van der Waals surface area contributed by atoms with Gasteiger partial charge in [0.1, 0.15) is 0 Å². The molecule has 0 saturated heterocycles. The highest BCUT2D eigenvalue weighted by molar-refractivity contribution is 7.22. The van der Waals surface area contributed by atoms with Crippen molar-refractivity contribution >= 4 is 39.1 Å². The number of benzene rings is 1. The van der Waals surface area contributed by atoms with Crippen molar-refractivity contribution in [2.75, 3.05) is 0 Å². The van der Waals surface area contributed by atoms with Crippen molar-refractivity contribution in [1.82, 2.24) is 4.98 Å². The van der Waals surface area contributed by atoms with E-state index in [1.165, 1.54) is 17.4 Å². The van der Waals surface area contributed by atoms with E-state index in [1.54, 1.807) is 12.1 Å². The molecule has 13 heavy (non-hydrogen) atoms. The molecule has 1 heterocycles. The minimum absolute atomic E-state index is 0.231. The molecular formula is C8H4ClNO2S. The summed E-state index contributed by atoms with van der Waals surface area (Å²) in [5.74, 6) is -0.953. The number of aromatic nitrogens is 1. The molecule has 0 spiro atoms. The van der Waals surface area contributed by atoms with E-state index in [-0.39, 0.29) is 5.56 Å². The van der Waals surface area contributed by atoms with Crippen molar-refractivity contribution in [3.63, 3.8) is 0 Å². The van der Waals surface area contributed by atoms with Gasteiger partial charge in [-0.3, -0.25) is 0 Å². The van der Waals surface area contributed by atoms with Crippen LogP contribution in [0, 0.1) is 0 Å². The van der Waals surface area contributed by atoms with Crippen LogP contribution in [0.3, 0.4) is 0 Å². The largest absolute Gasteiger partial charge is 0.478 e. The monoisotopic (exact) mass is 213 g/mol. The fourth-order valence-electron chi connectivity index (χ4n) is 1.03. The maximum absolute atomic E-state index is 10.6. The van der Waals surface area contributed by atoms with Crippen LogP contribution < -0.4 is 0 Å². The first-order valence-electron chi connectivity index (χ1n) is 3.46. The first-order chi connectivity index (χ1) is 6.16. The quantitative estimate of drug-likeness (QED) is 0.792. The number of aromatic carboxylic acids is 1. The summed E-state index contributed by atoms with van der Waals surface area (Å²) in [6.07, 6.45) is 0. The molecule has 5 heteroatoms. The predicted octanol–water partition coefficient (Wildman–Crippen LogP) is 2.65. The molecule has 0 radical (unpaired) electrons. The van der Waals surface area contributed by atoms with Crippen molar-refractivity contribution in [3.05, 3.63) is 28.2 Å². The van der Waals surface area contributed by atoms with Crippen molar-refractivity contribution in [3.8, 4) is 0 Å². The van der Waals surface area contributed by atoms with Gasteiger partial charge in [0.15, 0.2) is 4.47 Å². The Morgan fingerprint density at radius 1 is 1.54 bits per heavy atom. The Morgan fingerprint density at radius 3 is 3.00 bits per heavy atom. The number of rotatable bonds is 1. The average Bonchev–Trinajstić information content (AvgIpc) is 2.42. The number of carboxylic acids is 1. The zero-order valence-electron chi connectivity index (χ0n) is 6.32. The zero-order chi connectivity index (χ0) is 9.42. The molecule has 0 bridgehead atoms. The summed E-state index contributed by atoms with van der Waals surface area (Å²) in [7, 11) is 0. The normalized spacial score (nSPS) is 10.5. The van der Waals surface area contributed by atoms with E-state index >= 15 is 0 Å². The molecule has 1 aromatic heterocycles. The lowest BCUT2D eigenvalue weighted by atomic mass is 10.2. The molecule has 2 aromatic rings. The summed E-state index contributed by atoms with van der Waals surface area (Å²) >= 11 is 7.01. The highest BCUT2D eigenvalue weighted by atomic mass is 35.5. The fourth-order valence-corrected chi connectivity index (χ4v) is 2.04. The molecule has 0 aliphatic carbocycles. The Labute approximate surface area is 82.6 Å². The number of hydrogen-bond acceptors (Lipinski definition) is 3. The number of halogens is 1. The predicted molar refractivity (Wildman–Crippen MR) is 51.6 cm³/mol. The number of thiazole rings is 1. The Hall–Kier alpha value is -1.13. The van der Waals surface area contributed by atoms with Crippen LogP contribution in [0.15, 0.2) is 18.2 Å². The number of carbonyl (C=O) groups is 1. The van der Waals surface area contributed by atoms with Crippen LogP contribution in [0.4, 0.5) is 0 Å². The van der Waals surface area contributed by atoms with Crippen LogP contribution in [0.1, 0.15) is 10.4 Å². The Morgan fingerprint density at radius 2 is 2.31 bits per heavy atom. The van der Waals surface area contributed by atoms with Gasteiger partial charge in [-0.05, 0) is 18.2 Å². The van der Waals surface area contributed by atoms with E-state index in [0.29, 0.717) is 9.98 Å². The number of carboxylic acid groups (broad SMARTS) is 1. The van der Waals surface area contributed by atoms with Gasteiger partial charge >= 0.3 is 5.97 Å². The van der Waals surface area contributed by atoms with Crippen molar-refractivity contribution in [2.24, 2.45) is 0 Å². The van der Waals surface area contributed by atoms with E-state index < -0.39 is 5.97 Å². The van der Waals surface area contributed by atoms with Gasteiger partial charge in [-0.25, -0.2) is 9.78 Å². The van der Waals surface area contributed by atoms with Gasteiger partial charge < -0.3 is 5.11 Å². The van der Waals surface area contributed by atoms with Crippen molar-refractivity contribution < 1.29 is 9.90 Å². The second-order valence-corrected chi connectivity index (χ2v) is 4.07. The number of hydrogen-bond donors (Lipinski definition) is 1. The second kappa shape index (κ2) is 2.97. The van der Waals surface area contributed by atoms with E-state index in [1.807, 2.05) is 0 Å². The molecule has 0 saturated carbocycles. The smallest absolute Gasteiger partial charge is 0.335 e. The third kappa shape index (κ3) is 1.50. The minimum atomic E-state index is -0.953. The fraction of sp³-hybridized carbons (Fsp3) is 0. The molecule has 0 aliphatic heterocycles. The second-order valence-electron chi connectivity index (χ2n) is 2.45. The van der Waals surface area contributed by atoms with Crippen LogP contribution in [-0.2, 0) is 0 Å². The van der Waals surface area contributed by atoms with Gasteiger partial charge in [-0.2, -0.15) is 0 Å². The van der Waals surface area contributed by atoms with Gasteiger partial charge in [0.2, 0.25) is 0 Å². The summed E-state index contributed by atoms with van der Waals surface area (Å²) in [6.45, 7) is 0. The molecule has 66 valence electrons. The molecular weight excluding hydrogens is 210 g/mol. The summed E-state index contributed by atoms with van der Waals surface area (Å²) < 4.78 is 1.33. The Kier molecular flexibility index (Phi) is 1.94. The number of fused-ring (bicyclic) bond motifs is 1. The lowest BCUT2D eigenvalue weighted by Gasteiger charge is -1.91. The van der Waals surface area contributed by atoms with Gasteiger partial charge in [-0.15, -0.1) is 11.3 Å². The van der Waals surface area contributed by atoms with Gasteiger partial charge in [-0.1, -0.05) is 11.6 Å². The van der Waals surface area contributed by atoms with Crippen LogP contribution in [-0.4, -0.2) is 16.1 Å². The molecule has 0 fully saturated rings. The molecule has 0 aliphatic rings. The highest BCUT2D eigenvalue weighted by Crippen LogP contribution is 2.26. The summed E-state index contributed by atoms with van der Waals surface area (Å²) in [5, 5.41) is 8.69. The van der Waals surface area contributed by atoms with Gasteiger partial charge in [0, 0.05) is 0 Å². The lowest BCUT2D eigenvalue weighted by molar-refractivity contribution is 0.0697. The lowest BCUT2D eigenvalue weighted by Crippen LogP contribution is -1.94. The minimum Gasteiger partial charge on any atom is -0.478 e. The topological polar surface area (TPSA) is 50.2 Å². The van der Waals surface area contributed by atoms with E-state index in [0.717, 1.165) is 4.70 Å². The van der Waals surface area contributed by atoms with Crippen LogP contribution in [0.2, 0.25) is 4.47 Å². The van der Waals surface area contributed by atoms with Crippen molar-refractivity contribution in [1.29, 1.82) is 0 Å². The first kappa shape index (κ1) is 8.47. The summed E-state index contributed by atoms with van der Waals surface area (Å²) in [6, 6.07) is 4.77. The Balaban J connectivity index is 2.67. The standard InChI is InChI=1S/C8H4ClNO2S/c9-8-10-5-3-4(7(11)12)1-2-6(5)13-8/h1-3H,(H,11,12). The van der Waals surface area contributed by atoms with E-state index in [9.17, 15) is 4.79 Å². The molecule has 2 rings (SSSR count). The summed E-state index contributed by atoms with van der Waals surface area (Å²) in [5.41, 5.74) is 0.865. The number of nitrogens with zero attached hydrogens (tertiary/aromatic N) is 1. The SMILES string of the molecule is O=C(O)c1ccc2sc(Cl)nc2c1. The van der Waals surface area contributed by atoms with Crippen LogP contribution in [0.5, 0.6) is 0 Å². The molecule has 0 unspecified atom stereocenters. The average molecular weight is 214 g/mol. The van der Waals surface area contributed by atoms with E-state index in [2.05, 4.69) is 4.98 Å². The summed E-state index contributed by atoms with van der Waals surface area (Å²) in [4.78, 5) is 14.6. The molecule has 0 atom stereocenters. The maximum Gasteiger partial charge on any atom is 0.335 e. The molecule has 1 aromatic carbocycles. The third-order valence-corrected chi connectivity index (χ3v) is 2.75. The first-order valence-corrected chi connectivity index (χ1v) is 4.65. The van der Waals surface area contributed by atoms with Gasteiger partial charge in [0.25, 0.3) is 0 Å². The zero-order valence-corrected chi connectivity index (χ0v) is 7.89. The van der Waals surface area contributed by atoms with Crippen LogP contribution >= 0.6 is 22.9 Å². The third-order valence-electron chi connectivity index (χ3n) is 1.61.